The molecule has 0 fully saturated rings. The molecule has 0 spiro atoms. The molecule has 0 saturated heterocycles. The molecule has 0 aliphatic carbocycles. The Bertz CT molecular complexity index is 373. The van der Waals surface area contributed by atoms with Gasteiger partial charge in [-0.05, 0) is 38.1 Å². The molecule has 0 aromatic heterocycles. The number of likely N-dealkylation sites (N-methyl/N-ethyl adjacent to an activating group) is 1. The van der Waals surface area contributed by atoms with E-state index in [1.165, 1.54) is 0 Å². The van der Waals surface area contributed by atoms with Crippen LogP contribution in [0, 0.1) is 0 Å². The number of nitrogens with zero attached hydrogens (tertiary/aromatic N) is 1. The zero-order chi connectivity index (χ0) is 13.5. The van der Waals surface area contributed by atoms with Crippen molar-refractivity contribution in [2.45, 2.75) is 33.2 Å². The quantitative estimate of drug-likeness (QED) is 0.695. The summed E-state index contributed by atoms with van der Waals surface area (Å²) in [6.45, 7) is 7.76. The first-order valence-corrected chi connectivity index (χ1v) is 6.52. The average Bonchev–Trinajstić information content (AvgIpc) is 2.40. The third-order valence-corrected chi connectivity index (χ3v) is 3.12. The summed E-state index contributed by atoms with van der Waals surface area (Å²) in [5.41, 5.74) is 1.92. The SMILES string of the molecule is CCC(=O)c1ccc(N(CC)C(C)COC)cc1. The number of ketones is 1. The molecule has 0 N–H and O–H groups in total. The predicted octanol–water partition coefficient (Wildman–Crippen LogP) is 3.14. The molecule has 0 aliphatic rings. The number of rotatable bonds is 7. The van der Waals surface area contributed by atoms with E-state index in [1.807, 2.05) is 31.2 Å². The first kappa shape index (κ1) is 14.7. The van der Waals surface area contributed by atoms with Crippen LogP contribution in [0.5, 0.6) is 0 Å². The van der Waals surface area contributed by atoms with Gasteiger partial charge in [-0.15, -0.1) is 0 Å². The van der Waals surface area contributed by atoms with Gasteiger partial charge in [0.1, 0.15) is 0 Å². The highest BCUT2D eigenvalue weighted by molar-refractivity contribution is 5.96. The van der Waals surface area contributed by atoms with Gasteiger partial charge in [0, 0.05) is 37.4 Å². The number of carbonyl (C=O) groups excluding carboxylic acids is 1. The van der Waals surface area contributed by atoms with E-state index in [-0.39, 0.29) is 5.78 Å². The number of carbonyl (C=O) groups is 1. The highest BCUT2D eigenvalue weighted by atomic mass is 16.5. The standard InChI is InChI=1S/C15H23NO2/c1-5-15(17)13-7-9-14(10-8-13)16(6-2)12(3)11-18-4/h7-10,12H,5-6,11H2,1-4H3. The summed E-state index contributed by atoms with van der Waals surface area (Å²) >= 11 is 0. The van der Waals surface area contributed by atoms with Gasteiger partial charge in [0.15, 0.2) is 5.78 Å². The molecule has 0 aliphatic heterocycles. The highest BCUT2D eigenvalue weighted by Crippen LogP contribution is 2.18. The van der Waals surface area contributed by atoms with E-state index in [2.05, 4.69) is 18.7 Å². The summed E-state index contributed by atoms with van der Waals surface area (Å²) in [5, 5.41) is 0. The van der Waals surface area contributed by atoms with Crippen molar-refractivity contribution in [3.63, 3.8) is 0 Å². The minimum Gasteiger partial charge on any atom is -0.383 e. The van der Waals surface area contributed by atoms with Crippen molar-refractivity contribution in [3.8, 4) is 0 Å². The van der Waals surface area contributed by atoms with Crippen LogP contribution in [0.25, 0.3) is 0 Å². The van der Waals surface area contributed by atoms with E-state index in [0.717, 1.165) is 17.8 Å². The van der Waals surface area contributed by atoms with Gasteiger partial charge in [-0.3, -0.25) is 4.79 Å². The number of ether oxygens (including phenoxy) is 1. The highest BCUT2D eigenvalue weighted by Gasteiger charge is 2.13. The average molecular weight is 249 g/mol. The van der Waals surface area contributed by atoms with Crippen molar-refractivity contribution in [2.75, 3.05) is 25.2 Å². The normalized spacial score (nSPS) is 12.2. The Morgan fingerprint density at radius 1 is 1.28 bits per heavy atom. The van der Waals surface area contributed by atoms with Gasteiger partial charge in [-0.1, -0.05) is 6.92 Å². The Morgan fingerprint density at radius 3 is 2.33 bits per heavy atom. The summed E-state index contributed by atoms with van der Waals surface area (Å²) in [5.74, 6) is 0.189. The lowest BCUT2D eigenvalue weighted by atomic mass is 10.1. The number of methoxy groups -OCH3 is 1. The lowest BCUT2D eigenvalue weighted by Gasteiger charge is -2.29. The summed E-state index contributed by atoms with van der Waals surface area (Å²) in [4.78, 5) is 13.8. The molecule has 0 bridgehead atoms. The van der Waals surface area contributed by atoms with Crippen LogP contribution in [0.1, 0.15) is 37.6 Å². The molecule has 1 unspecified atom stereocenters. The number of Topliss-reactive ketones (excluding diaryl/α,β-unsaturated/α-hetero) is 1. The summed E-state index contributed by atoms with van der Waals surface area (Å²) < 4.78 is 5.19. The van der Waals surface area contributed by atoms with Gasteiger partial charge in [-0.2, -0.15) is 0 Å². The van der Waals surface area contributed by atoms with E-state index < -0.39 is 0 Å². The van der Waals surface area contributed by atoms with E-state index >= 15 is 0 Å². The van der Waals surface area contributed by atoms with E-state index in [9.17, 15) is 4.79 Å². The molecule has 3 nitrogen and oxygen atoms in total. The Hall–Kier alpha value is -1.35. The largest absolute Gasteiger partial charge is 0.383 e. The molecule has 1 aromatic carbocycles. The van der Waals surface area contributed by atoms with Crippen molar-refractivity contribution in [3.05, 3.63) is 29.8 Å². The van der Waals surface area contributed by atoms with Crippen molar-refractivity contribution in [1.82, 2.24) is 0 Å². The maximum absolute atomic E-state index is 11.6. The second-order valence-electron chi connectivity index (χ2n) is 4.41. The lowest BCUT2D eigenvalue weighted by Crippen LogP contribution is -2.36. The number of benzene rings is 1. The van der Waals surface area contributed by atoms with Crippen LogP contribution < -0.4 is 4.90 Å². The van der Waals surface area contributed by atoms with Gasteiger partial charge in [0.05, 0.1) is 6.61 Å². The number of anilines is 1. The molecular formula is C15H23NO2. The maximum Gasteiger partial charge on any atom is 0.162 e. The summed E-state index contributed by atoms with van der Waals surface area (Å²) in [6.07, 6.45) is 0.552. The molecule has 0 saturated carbocycles. The topological polar surface area (TPSA) is 29.5 Å². The minimum atomic E-state index is 0.189. The monoisotopic (exact) mass is 249 g/mol. The molecule has 3 heteroatoms. The van der Waals surface area contributed by atoms with E-state index in [4.69, 9.17) is 4.74 Å². The van der Waals surface area contributed by atoms with E-state index in [0.29, 0.717) is 19.1 Å². The summed E-state index contributed by atoms with van der Waals surface area (Å²) in [6, 6.07) is 8.16. The van der Waals surface area contributed by atoms with Crippen molar-refractivity contribution < 1.29 is 9.53 Å². The molecule has 1 atom stereocenters. The fourth-order valence-electron chi connectivity index (χ4n) is 2.12. The van der Waals surface area contributed by atoms with Crippen LogP contribution in [0.15, 0.2) is 24.3 Å². The Kier molecular flexibility index (Phi) is 5.86. The van der Waals surface area contributed by atoms with Crippen LogP contribution in [0.4, 0.5) is 5.69 Å². The third kappa shape index (κ3) is 3.57. The Balaban J connectivity index is 2.84. The van der Waals surface area contributed by atoms with Gasteiger partial charge in [0.2, 0.25) is 0 Å². The van der Waals surface area contributed by atoms with Gasteiger partial charge < -0.3 is 9.64 Å². The smallest absolute Gasteiger partial charge is 0.162 e. The second kappa shape index (κ2) is 7.17. The maximum atomic E-state index is 11.6. The molecule has 0 amide bonds. The fourth-order valence-corrected chi connectivity index (χ4v) is 2.12. The van der Waals surface area contributed by atoms with Gasteiger partial charge in [-0.25, -0.2) is 0 Å². The molecule has 0 heterocycles. The second-order valence-corrected chi connectivity index (χ2v) is 4.41. The third-order valence-electron chi connectivity index (χ3n) is 3.12. The predicted molar refractivity (Wildman–Crippen MR) is 75.4 cm³/mol. The van der Waals surface area contributed by atoms with Crippen molar-refractivity contribution in [1.29, 1.82) is 0 Å². The Labute approximate surface area is 110 Å². The molecule has 1 rings (SSSR count). The van der Waals surface area contributed by atoms with E-state index in [1.54, 1.807) is 7.11 Å². The first-order valence-electron chi connectivity index (χ1n) is 6.52. The van der Waals surface area contributed by atoms with Crippen LogP contribution in [-0.4, -0.2) is 32.1 Å². The molecule has 18 heavy (non-hydrogen) atoms. The van der Waals surface area contributed by atoms with Crippen LogP contribution >= 0.6 is 0 Å². The number of hydrogen-bond donors (Lipinski definition) is 0. The Morgan fingerprint density at radius 2 is 1.89 bits per heavy atom. The molecule has 1 aromatic rings. The van der Waals surface area contributed by atoms with Crippen LogP contribution in [0.2, 0.25) is 0 Å². The molecule has 100 valence electrons. The van der Waals surface area contributed by atoms with Gasteiger partial charge in [0.25, 0.3) is 0 Å². The zero-order valence-corrected chi connectivity index (χ0v) is 11.8. The summed E-state index contributed by atoms with van der Waals surface area (Å²) in [7, 11) is 1.72. The van der Waals surface area contributed by atoms with Crippen LogP contribution in [0.3, 0.4) is 0 Å². The molecule has 0 radical (unpaired) electrons. The molecular weight excluding hydrogens is 226 g/mol. The first-order chi connectivity index (χ1) is 8.63. The minimum absolute atomic E-state index is 0.189. The fraction of sp³-hybridized carbons (Fsp3) is 0.533. The lowest BCUT2D eigenvalue weighted by molar-refractivity contribution is 0.0988. The zero-order valence-electron chi connectivity index (χ0n) is 11.8. The van der Waals surface area contributed by atoms with Crippen molar-refractivity contribution in [2.24, 2.45) is 0 Å². The van der Waals surface area contributed by atoms with Crippen LogP contribution in [-0.2, 0) is 4.74 Å². The number of hydrogen-bond acceptors (Lipinski definition) is 3. The van der Waals surface area contributed by atoms with Gasteiger partial charge >= 0.3 is 0 Å². The van der Waals surface area contributed by atoms with Crippen molar-refractivity contribution >= 4 is 11.5 Å².